The molecule has 0 amide bonds. The van der Waals surface area contributed by atoms with Gasteiger partial charge in [0.1, 0.15) is 5.75 Å². The maximum atomic E-state index is 5.65. The van der Waals surface area contributed by atoms with E-state index in [2.05, 4.69) is 21.6 Å². The van der Waals surface area contributed by atoms with Crippen LogP contribution in [-0.2, 0) is 0 Å². The minimum atomic E-state index is 0.177. The number of anilines is 1. The lowest BCUT2D eigenvalue weighted by Crippen LogP contribution is -2.06. The highest BCUT2D eigenvalue weighted by atomic mass is 32.1. The van der Waals surface area contributed by atoms with Crippen LogP contribution in [0.25, 0.3) is 10.2 Å². The highest BCUT2D eigenvalue weighted by molar-refractivity contribution is 7.22. The number of aromatic nitrogens is 1. The molecule has 0 aliphatic rings. The van der Waals surface area contributed by atoms with Gasteiger partial charge in [0.05, 0.1) is 22.0 Å². The quantitative estimate of drug-likeness (QED) is 0.535. The predicted molar refractivity (Wildman–Crippen MR) is 97.7 cm³/mol. The summed E-state index contributed by atoms with van der Waals surface area (Å²) in [6.45, 7) is 6.00. The lowest BCUT2D eigenvalue weighted by molar-refractivity contribution is 0.242. The molecule has 0 spiro atoms. The van der Waals surface area contributed by atoms with Crippen molar-refractivity contribution in [1.82, 2.24) is 4.98 Å². The number of benzene rings is 2. The molecule has 1 heterocycles. The Morgan fingerprint density at radius 2 is 1.87 bits per heavy atom. The molecule has 1 N–H and O–H groups in total. The van der Waals surface area contributed by atoms with Crippen molar-refractivity contribution in [3.63, 3.8) is 0 Å². The van der Waals surface area contributed by atoms with Crippen LogP contribution in [-0.4, -0.2) is 16.8 Å². The van der Waals surface area contributed by atoms with Crippen LogP contribution >= 0.6 is 11.3 Å². The molecular weight excluding hydrogens is 306 g/mol. The van der Waals surface area contributed by atoms with Gasteiger partial charge >= 0.3 is 0 Å². The summed E-state index contributed by atoms with van der Waals surface area (Å²) in [5.74, 6) is 0.871. The van der Waals surface area contributed by atoms with Crippen molar-refractivity contribution >= 4 is 32.4 Å². The summed E-state index contributed by atoms with van der Waals surface area (Å²) in [6.07, 6.45) is 0.177. The molecule has 0 saturated heterocycles. The van der Waals surface area contributed by atoms with Crippen LogP contribution in [0.15, 0.2) is 53.6 Å². The van der Waals surface area contributed by atoms with Crippen LogP contribution in [0.3, 0.4) is 0 Å². The van der Waals surface area contributed by atoms with Gasteiger partial charge in [-0.05, 0) is 62.7 Å². The van der Waals surface area contributed by atoms with Gasteiger partial charge in [-0.3, -0.25) is 5.43 Å². The maximum absolute atomic E-state index is 5.65. The fourth-order valence-corrected chi connectivity index (χ4v) is 2.97. The Labute approximate surface area is 139 Å². The third-order valence-electron chi connectivity index (χ3n) is 3.26. The molecule has 5 heteroatoms. The summed E-state index contributed by atoms with van der Waals surface area (Å²) >= 11 is 1.59. The topological polar surface area (TPSA) is 46.5 Å². The van der Waals surface area contributed by atoms with Gasteiger partial charge < -0.3 is 4.74 Å². The summed E-state index contributed by atoms with van der Waals surface area (Å²) < 4.78 is 6.80. The SMILES string of the molecule is C/C(=N/Nc1nc2ccccc2s1)c1ccc(OC(C)C)cc1. The molecule has 0 bridgehead atoms. The second-order valence-corrected chi connectivity index (χ2v) is 6.52. The lowest BCUT2D eigenvalue weighted by Gasteiger charge is -2.10. The summed E-state index contributed by atoms with van der Waals surface area (Å²) in [5.41, 5.74) is 5.99. The first-order chi connectivity index (χ1) is 11.1. The average molecular weight is 325 g/mol. The van der Waals surface area contributed by atoms with Gasteiger partial charge in [0, 0.05) is 0 Å². The molecule has 0 atom stereocenters. The molecule has 23 heavy (non-hydrogen) atoms. The van der Waals surface area contributed by atoms with Crippen LogP contribution < -0.4 is 10.2 Å². The number of hydrogen-bond acceptors (Lipinski definition) is 5. The first-order valence-electron chi connectivity index (χ1n) is 7.55. The van der Waals surface area contributed by atoms with Gasteiger partial charge in [-0.2, -0.15) is 5.10 Å². The Morgan fingerprint density at radius 1 is 1.13 bits per heavy atom. The summed E-state index contributed by atoms with van der Waals surface area (Å²) in [5, 5.41) is 5.22. The van der Waals surface area contributed by atoms with Crippen molar-refractivity contribution in [2.45, 2.75) is 26.9 Å². The molecule has 0 aliphatic carbocycles. The summed E-state index contributed by atoms with van der Waals surface area (Å²) in [7, 11) is 0. The van der Waals surface area contributed by atoms with Crippen molar-refractivity contribution in [2.75, 3.05) is 5.43 Å². The van der Waals surface area contributed by atoms with Crippen LogP contribution in [0.4, 0.5) is 5.13 Å². The van der Waals surface area contributed by atoms with E-state index in [1.54, 1.807) is 11.3 Å². The molecule has 0 fully saturated rings. The van der Waals surface area contributed by atoms with Gasteiger partial charge in [0.25, 0.3) is 0 Å². The van der Waals surface area contributed by atoms with Gasteiger partial charge in [0.15, 0.2) is 0 Å². The molecule has 0 unspecified atom stereocenters. The number of para-hydroxylation sites is 1. The highest BCUT2D eigenvalue weighted by Crippen LogP contribution is 2.25. The summed E-state index contributed by atoms with van der Waals surface area (Å²) in [4.78, 5) is 4.51. The van der Waals surface area contributed by atoms with Gasteiger partial charge in [-0.25, -0.2) is 4.98 Å². The average Bonchev–Trinajstić information content (AvgIpc) is 2.95. The van der Waals surface area contributed by atoms with Crippen LogP contribution in [0, 0.1) is 0 Å². The number of nitrogens with zero attached hydrogens (tertiary/aromatic N) is 2. The number of thiazole rings is 1. The van der Waals surface area contributed by atoms with E-state index in [1.807, 2.05) is 63.2 Å². The molecule has 3 rings (SSSR count). The van der Waals surface area contributed by atoms with E-state index in [0.717, 1.165) is 32.4 Å². The molecule has 118 valence electrons. The number of nitrogens with one attached hydrogen (secondary N) is 1. The Morgan fingerprint density at radius 3 is 2.57 bits per heavy atom. The lowest BCUT2D eigenvalue weighted by atomic mass is 10.1. The van der Waals surface area contributed by atoms with E-state index in [1.165, 1.54) is 0 Å². The molecule has 3 aromatic rings. The zero-order valence-corrected chi connectivity index (χ0v) is 14.2. The highest BCUT2D eigenvalue weighted by Gasteiger charge is 2.03. The van der Waals surface area contributed by atoms with Crippen molar-refractivity contribution < 1.29 is 4.74 Å². The van der Waals surface area contributed by atoms with Crippen molar-refractivity contribution in [3.05, 3.63) is 54.1 Å². The second kappa shape index (κ2) is 6.79. The van der Waals surface area contributed by atoms with E-state index >= 15 is 0 Å². The van der Waals surface area contributed by atoms with E-state index in [9.17, 15) is 0 Å². The Kier molecular flexibility index (Phi) is 4.57. The fraction of sp³-hybridized carbons (Fsp3) is 0.222. The van der Waals surface area contributed by atoms with Crippen molar-refractivity contribution in [1.29, 1.82) is 0 Å². The van der Waals surface area contributed by atoms with E-state index in [4.69, 9.17) is 4.74 Å². The first-order valence-corrected chi connectivity index (χ1v) is 8.36. The predicted octanol–water partition coefficient (Wildman–Crippen LogP) is 4.92. The molecule has 0 aliphatic heterocycles. The zero-order chi connectivity index (χ0) is 16.2. The van der Waals surface area contributed by atoms with Crippen LogP contribution in [0.2, 0.25) is 0 Å². The van der Waals surface area contributed by atoms with Crippen LogP contribution in [0.5, 0.6) is 5.75 Å². The molecule has 2 aromatic carbocycles. The normalized spacial score (nSPS) is 11.9. The number of fused-ring (bicyclic) bond motifs is 1. The monoisotopic (exact) mass is 325 g/mol. The zero-order valence-electron chi connectivity index (χ0n) is 13.4. The molecular formula is C18H19N3OS. The number of hydrazone groups is 1. The van der Waals surface area contributed by atoms with Crippen molar-refractivity contribution in [3.8, 4) is 5.75 Å². The number of hydrogen-bond donors (Lipinski definition) is 1. The van der Waals surface area contributed by atoms with E-state index in [-0.39, 0.29) is 6.10 Å². The van der Waals surface area contributed by atoms with E-state index < -0.39 is 0 Å². The molecule has 1 aromatic heterocycles. The van der Waals surface area contributed by atoms with E-state index in [0.29, 0.717) is 0 Å². The first kappa shape index (κ1) is 15.5. The number of rotatable bonds is 5. The fourth-order valence-electron chi connectivity index (χ4n) is 2.16. The minimum Gasteiger partial charge on any atom is -0.491 e. The number of ether oxygens (including phenoxy) is 1. The third-order valence-corrected chi connectivity index (χ3v) is 4.20. The van der Waals surface area contributed by atoms with Gasteiger partial charge in [-0.15, -0.1) is 0 Å². The Balaban J connectivity index is 1.71. The molecule has 0 radical (unpaired) electrons. The Hall–Kier alpha value is -2.40. The molecule has 0 saturated carbocycles. The standard InChI is InChI=1S/C18H19N3OS/c1-12(2)22-15-10-8-14(9-11-15)13(3)20-21-18-19-16-6-4-5-7-17(16)23-18/h4-12H,1-3H3,(H,19,21)/b20-13-. The Bertz CT molecular complexity index is 789. The molecule has 4 nitrogen and oxygen atoms in total. The second-order valence-electron chi connectivity index (χ2n) is 5.49. The van der Waals surface area contributed by atoms with Crippen molar-refractivity contribution in [2.24, 2.45) is 5.10 Å². The summed E-state index contributed by atoms with van der Waals surface area (Å²) in [6, 6.07) is 16.0. The largest absolute Gasteiger partial charge is 0.491 e. The maximum Gasteiger partial charge on any atom is 0.204 e. The minimum absolute atomic E-state index is 0.177. The van der Waals surface area contributed by atoms with Gasteiger partial charge in [-0.1, -0.05) is 23.5 Å². The third kappa shape index (κ3) is 3.87. The van der Waals surface area contributed by atoms with Crippen LogP contribution in [0.1, 0.15) is 26.3 Å². The van der Waals surface area contributed by atoms with Gasteiger partial charge in [0.2, 0.25) is 5.13 Å². The smallest absolute Gasteiger partial charge is 0.204 e.